The molecule has 0 unspecified atom stereocenters. The van der Waals surface area contributed by atoms with Crippen LogP contribution in [0.3, 0.4) is 0 Å². The van der Waals surface area contributed by atoms with Gasteiger partial charge in [-0.1, -0.05) is 0 Å². The third-order valence-electron chi connectivity index (χ3n) is 5.35. The van der Waals surface area contributed by atoms with Crippen molar-refractivity contribution >= 4 is 21.7 Å². The number of piperidine rings is 1. The summed E-state index contributed by atoms with van der Waals surface area (Å²) in [5.41, 5.74) is 1.63. The van der Waals surface area contributed by atoms with Crippen molar-refractivity contribution in [3.05, 3.63) is 60.4 Å². The van der Waals surface area contributed by atoms with E-state index in [2.05, 4.69) is 25.3 Å². The topological polar surface area (TPSA) is 110 Å². The molecular weight excluding hydrogens is 416 g/mol. The van der Waals surface area contributed by atoms with Crippen molar-refractivity contribution in [1.82, 2.24) is 24.2 Å². The molecule has 3 heterocycles. The third kappa shape index (κ3) is 4.64. The van der Waals surface area contributed by atoms with Gasteiger partial charge < -0.3 is 10.1 Å². The van der Waals surface area contributed by atoms with E-state index in [0.29, 0.717) is 48.2 Å². The number of anilines is 2. The molecular formula is C21H24N6O3S. The Kier molecular flexibility index (Phi) is 6.10. The molecule has 31 heavy (non-hydrogen) atoms. The van der Waals surface area contributed by atoms with Gasteiger partial charge in [-0.05, 0) is 43.5 Å². The molecule has 0 aliphatic carbocycles. The summed E-state index contributed by atoms with van der Waals surface area (Å²) in [6.45, 7) is 2.70. The molecule has 0 atom stereocenters. The molecule has 0 spiro atoms. The molecule has 9 nitrogen and oxygen atoms in total. The molecule has 3 aromatic rings. The third-order valence-corrected chi connectivity index (χ3v) is 7.24. The maximum atomic E-state index is 13.1. The number of sulfonamides is 1. The fourth-order valence-corrected chi connectivity index (χ4v) is 5.24. The van der Waals surface area contributed by atoms with Crippen molar-refractivity contribution in [1.29, 1.82) is 0 Å². The molecule has 0 radical (unpaired) electrons. The average molecular weight is 441 g/mol. The number of hydrogen-bond acceptors (Lipinski definition) is 8. The fourth-order valence-electron chi connectivity index (χ4n) is 3.69. The molecule has 10 heteroatoms. The van der Waals surface area contributed by atoms with Gasteiger partial charge in [-0.15, -0.1) is 0 Å². The highest BCUT2D eigenvalue weighted by atomic mass is 32.2. The number of hydrogen-bond donors (Lipinski definition) is 1. The van der Waals surface area contributed by atoms with Crippen molar-refractivity contribution in [2.24, 2.45) is 0 Å². The van der Waals surface area contributed by atoms with Gasteiger partial charge in [0.15, 0.2) is 0 Å². The summed E-state index contributed by atoms with van der Waals surface area (Å²) in [5.74, 6) is 1.98. The summed E-state index contributed by atoms with van der Waals surface area (Å²) in [5, 5.41) is 3.09. The quantitative estimate of drug-likeness (QED) is 0.623. The van der Waals surface area contributed by atoms with Crippen molar-refractivity contribution in [2.75, 3.05) is 25.5 Å². The van der Waals surface area contributed by atoms with Gasteiger partial charge in [0, 0.05) is 37.6 Å². The number of rotatable bonds is 6. The molecule has 0 saturated carbocycles. The van der Waals surface area contributed by atoms with E-state index in [9.17, 15) is 8.42 Å². The van der Waals surface area contributed by atoms with E-state index in [1.54, 1.807) is 60.6 Å². The first-order chi connectivity index (χ1) is 15.0. The van der Waals surface area contributed by atoms with Crippen molar-refractivity contribution in [3.63, 3.8) is 0 Å². The Morgan fingerprint density at radius 3 is 2.52 bits per heavy atom. The summed E-state index contributed by atoms with van der Waals surface area (Å²) in [7, 11) is -1.98. The molecule has 1 fully saturated rings. The van der Waals surface area contributed by atoms with Gasteiger partial charge in [0.1, 0.15) is 17.4 Å². The molecule has 1 aliphatic heterocycles. The Bertz CT molecular complexity index is 1150. The maximum absolute atomic E-state index is 13.1. The van der Waals surface area contributed by atoms with E-state index in [0.717, 1.165) is 11.3 Å². The number of ether oxygens (including phenoxy) is 1. The summed E-state index contributed by atoms with van der Waals surface area (Å²) in [4.78, 5) is 17.4. The molecule has 4 rings (SSSR count). The van der Waals surface area contributed by atoms with Crippen LogP contribution in [0.2, 0.25) is 0 Å². The lowest BCUT2D eigenvalue weighted by atomic mass is 9.95. The summed E-state index contributed by atoms with van der Waals surface area (Å²) in [6, 6.07) is 4.95. The van der Waals surface area contributed by atoms with Crippen LogP contribution in [-0.2, 0) is 10.0 Å². The van der Waals surface area contributed by atoms with Gasteiger partial charge in [0.25, 0.3) is 0 Å². The zero-order valence-corrected chi connectivity index (χ0v) is 18.2. The highest BCUT2D eigenvalue weighted by molar-refractivity contribution is 7.89. The van der Waals surface area contributed by atoms with E-state index in [1.165, 1.54) is 0 Å². The van der Waals surface area contributed by atoms with Gasteiger partial charge in [-0.3, -0.25) is 9.97 Å². The molecule has 0 amide bonds. The zero-order chi connectivity index (χ0) is 21.8. The minimum absolute atomic E-state index is 0.139. The molecule has 1 N–H and O–H groups in total. The lowest BCUT2D eigenvalue weighted by molar-refractivity contribution is 0.316. The van der Waals surface area contributed by atoms with Crippen LogP contribution in [-0.4, -0.2) is 52.9 Å². The Balaban J connectivity index is 1.44. The lowest BCUT2D eigenvalue weighted by Gasteiger charge is -2.31. The van der Waals surface area contributed by atoms with Gasteiger partial charge >= 0.3 is 0 Å². The normalized spacial score (nSPS) is 15.5. The minimum atomic E-state index is -3.55. The van der Waals surface area contributed by atoms with E-state index in [4.69, 9.17) is 4.74 Å². The second kappa shape index (κ2) is 8.94. The Hall–Kier alpha value is -3.11. The SMILES string of the molecule is COc1ccc(S(=O)(=O)N2CCC(c3cncc(Nc4cnccn4)n3)CC2)cc1C. The van der Waals surface area contributed by atoms with Crippen LogP contribution in [0.4, 0.5) is 11.6 Å². The number of benzene rings is 1. The molecule has 1 saturated heterocycles. The van der Waals surface area contributed by atoms with Crippen LogP contribution in [0.25, 0.3) is 0 Å². The fraction of sp³-hybridized carbons (Fsp3) is 0.333. The molecule has 1 aromatic carbocycles. The first-order valence-electron chi connectivity index (χ1n) is 9.97. The lowest BCUT2D eigenvalue weighted by Crippen LogP contribution is -2.38. The second-order valence-electron chi connectivity index (χ2n) is 7.35. The number of nitrogens with one attached hydrogen (secondary N) is 1. The maximum Gasteiger partial charge on any atom is 0.243 e. The number of methoxy groups -OCH3 is 1. The van der Waals surface area contributed by atoms with Crippen LogP contribution in [0, 0.1) is 6.92 Å². The predicted molar refractivity (Wildman–Crippen MR) is 116 cm³/mol. The van der Waals surface area contributed by atoms with Crippen LogP contribution in [0.1, 0.15) is 30.0 Å². The monoisotopic (exact) mass is 440 g/mol. The van der Waals surface area contributed by atoms with E-state index < -0.39 is 10.0 Å². The van der Waals surface area contributed by atoms with Gasteiger partial charge in [0.05, 0.1) is 30.1 Å². The van der Waals surface area contributed by atoms with Gasteiger partial charge in [-0.25, -0.2) is 18.4 Å². The smallest absolute Gasteiger partial charge is 0.243 e. The van der Waals surface area contributed by atoms with E-state index in [-0.39, 0.29) is 5.92 Å². The summed E-state index contributed by atoms with van der Waals surface area (Å²) in [6.07, 6.45) is 9.53. The van der Waals surface area contributed by atoms with Crippen molar-refractivity contribution in [2.45, 2.75) is 30.6 Å². The van der Waals surface area contributed by atoms with Crippen molar-refractivity contribution in [3.8, 4) is 5.75 Å². The first-order valence-corrected chi connectivity index (χ1v) is 11.4. The zero-order valence-electron chi connectivity index (χ0n) is 17.4. The first kappa shape index (κ1) is 21.1. The van der Waals surface area contributed by atoms with Gasteiger partial charge in [-0.2, -0.15) is 4.31 Å². The van der Waals surface area contributed by atoms with Crippen molar-refractivity contribution < 1.29 is 13.2 Å². The number of aromatic nitrogens is 4. The van der Waals surface area contributed by atoms with Crippen LogP contribution >= 0.6 is 0 Å². The molecule has 2 aromatic heterocycles. The Morgan fingerprint density at radius 2 is 1.84 bits per heavy atom. The molecule has 1 aliphatic rings. The standard InChI is InChI=1S/C21H24N6O3S/c1-15-11-17(3-4-19(15)30-2)31(28,29)27-9-5-16(6-10-27)18-12-23-14-21(25-18)26-20-13-22-7-8-24-20/h3-4,7-8,11-14,16H,5-6,9-10H2,1-2H3,(H,24,25,26). The Labute approximate surface area is 181 Å². The average Bonchev–Trinajstić information content (AvgIpc) is 2.80. The highest BCUT2D eigenvalue weighted by Gasteiger charge is 2.31. The van der Waals surface area contributed by atoms with Crippen LogP contribution < -0.4 is 10.1 Å². The van der Waals surface area contributed by atoms with Gasteiger partial charge in [0.2, 0.25) is 10.0 Å². The predicted octanol–water partition coefficient (Wildman–Crippen LogP) is 2.90. The van der Waals surface area contributed by atoms with E-state index in [1.807, 2.05) is 6.92 Å². The number of nitrogens with zero attached hydrogens (tertiary/aromatic N) is 5. The summed E-state index contributed by atoms with van der Waals surface area (Å²) >= 11 is 0. The van der Waals surface area contributed by atoms with Crippen LogP contribution in [0.15, 0.2) is 54.1 Å². The van der Waals surface area contributed by atoms with Crippen LogP contribution in [0.5, 0.6) is 5.75 Å². The summed E-state index contributed by atoms with van der Waals surface area (Å²) < 4.78 is 32.9. The number of aryl methyl sites for hydroxylation is 1. The molecule has 0 bridgehead atoms. The largest absolute Gasteiger partial charge is 0.496 e. The highest BCUT2D eigenvalue weighted by Crippen LogP contribution is 2.31. The Morgan fingerprint density at radius 1 is 1.06 bits per heavy atom. The second-order valence-corrected chi connectivity index (χ2v) is 9.29. The minimum Gasteiger partial charge on any atom is -0.496 e. The molecule has 162 valence electrons. The van der Waals surface area contributed by atoms with E-state index >= 15 is 0 Å².